The minimum Gasteiger partial charge on any atom is -0.493 e. The third kappa shape index (κ3) is 3.45. The lowest BCUT2D eigenvalue weighted by molar-refractivity contribution is -0.113. The third-order valence-corrected chi connectivity index (χ3v) is 8.87. The molecule has 0 aliphatic carbocycles. The van der Waals surface area contributed by atoms with Gasteiger partial charge in [-0.15, -0.1) is 22.7 Å². The first-order valence-corrected chi connectivity index (χ1v) is 13.1. The molecule has 0 spiro atoms. The first kappa shape index (κ1) is 22.9. The Kier molecular flexibility index (Phi) is 5.41. The van der Waals surface area contributed by atoms with Crippen LogP contribution in [0.1, 0.15) is 9.75 Å². The summed E-state index contributed by atoms with van der Waals surface area (Å²) in [5, 5.41) is 24.4. The van der Waals surface area contributed by atoms with Crippen molar-refractivity contribution in [2.24, 2.45) is 9.98 Å². The molecule has 0 radical (unpaired) electrons. The number of hydrogen-bond donors (Lipinski definition) is 2. The van der Waals surface area contributed by atoms with Crippen molar-refractivity contribution in [3.8, 4) is 11.8 Å². The number of hydrogen-bond acceptors (Lipinski definition) is 8. The average Bonchev–Trinajstić information content (AvgIpc) is 3.53. The highest BCUT2D eigenvalue weighted by Crippen LogP contribution is 2.35. The maximum absolute atomic E-state index is 12.6. The van der Waals surface area contributed by atoms with Gasteiger partial charge in [0.05, 0.1) is 21.9 Å². The molecule has 4 aromatic rings. The second-order valence-corrected chi connectivity index (χ2v) is 11.3. The summed E-state index contributed by atoms with van der Waals surface area (Å²) >= 11 is 13.2. The molecule has 178 valence electrons. The van der Waals surface area contributed by atoms with Gasteiger partial charge in [-0.3, -0.25) is 18.7 Å². The van der Waals surface area contributed by atoms with E-state index in [2.05, 4.69) is 9.98 Å². The van der Waals surface area contributed by atoms with Crippen LogP contribution >= 0.6 is 47.1 Å². The lowest BCUT2D eigenvalue weighted by Gasteiger charge is -2.08. The number of aromatic hydroxyl groups is 2. The van der Waals surface area contributed by atoms with E-state index in [4.69, 9.17) is 24.4 Å². The van der Waals surface area contributed by atoms with E-state index in [-0.39, 0.29) is 24.8 Å². The number of nitrogens with zero attached hydrogens (tertiary/aromatic N) is 4. The van der Waals surface area contributed by atoms with Crippen LogP contribution in [0.15, 0.2) is 58.5 Å². The van der Waals surface area contributed by atoms with E-state index in [0.29, 0.717) is 50.0 Å². The van der Waals surface area contributed by atoms with E-state index in [9.17, 15) is 19.8 Å². The second-order valence-electron chi connectivity index (χ2n) is 7.96. The minimum atomic E-state index is -0.429. The molecule has 4 heterocycles. The second kappa shape index (κ2) is 8.52. The molecule has 2 aliphatic heterocycles. The molecule has 0 fully saturated rings. The van der Waals surface area contributed by atoms with Crippen LogP contribution in [0.4, 0.5) is 0 Å². The van der Waals surface area contributed by atoms with Gasteiger partial charge in [-0.1, -0.05) is 36.4 Å². The molecule has 36 heavy (non-hydrogen) atoms. The van der Waals surface area contributed by atoms with Gasteiger partial charge in [0, 0.05) is 23.5 Å². The van der Waals surface area contributed by atoms with Crippen molar-refractivity contribution in [3.63, 3.8) is 0 Å². The van der Waals surface area contributed by atoms with Crippen LogP contribution in [0.3, 0.4) is 0 Å². The Morgan fingerprint density at radius 3 is 1.50 bits per heavy atom. The van der Waals surface area contributed by atoms with Crippen molar-refractivity contribution in [1.82, 2.24) is 9.13 Å². The van der Waals surface area contributed by atoms with Gasteiger partial charge in [-0.2, -0.15) is 0 Å². The Hall–Kier alpha value is -3.58. The van der Waals surface area contributed by atoms with Crippen LogP contribution in [0.5, 0.6) is 11.8 Å². The highest BCUT2D eigenvalue weighted by Gasteiger charge is 2.27. The number of para-hydroxylation sites is 2. The zero-order valence-electron chi connectivity index (χ0n) is 18.2. The van der Waals surface area contributed by atoms with E-state index >= 15 is 0 Å². The number of carbonyl (C=O) groups excluding carboxylic acids is 2. The van der Waals surface area contributed by atoms with Gasteiger partial charge in [0.15, 0.2) is 7.91 Å². The van der Waals surface area contributed by atoms with E-state index < -0.39 is 11.8 Å². The van der Waals surface area contributed by atoms with Crippen molar-refractivity contribution in [3.05, 3.63) is 87.3 Å². The van der Waals surface area contributed by atoms with Crippen LogP contribution in [0.25, 0.3) is 11.1 Å². The molecular formula is C24H14N4O4S4. The Morgan fingerprint density at radius 2 is 1.08 bits per heavy atom. The summed E-state index contributed by atoms with van der Waals surface area (Å²) in [6.07, 6.45) is 0. The Morgan fingerprint density at radius 1 is 0.694 bits per heavy atom. The summed E-state index contributed by atoms with van der Waals surface area (Å²) in [6.45, 7) is 0.368. The number of amides is 2. The molecular weight excluding hydrogens is 537 g/mol. The molecule has 2 aromatic carbocycles. The smallest absolute Gasteiger partial charge is 0.279 e. The van der Waals surface area contributed by atoms with Crippen molar-refractivity contribution in [2.45, 2.75) is 13.1 Å². The summed E-state index contributed by atoms with van der Waals surface area (Å²) in [5.74, 6) is -1.15. The minimum absolute atomic E-state index is 0.144. The first-order valence-electron chi connectivity index (χ1n) is 10.7. The van der Waals surface area contributed by atoms with E-state index in [1.54, 1.807) is 48.5 Å². The van der Waals surface area contributed by atoms with E-state index in [1.807, 2.05) is 0 Å². The monoisotopic (exact) mass is 550 g/mol. The van der Waals surface area contributed by atoms with Crippen molar-refractivity contribution < 1.29 is 19.8 Å². The standard InChI is InChI=1S/C24H14N4O4S4/c29-19-15(11-5-1-3-7-13(11)25-19)17-21(31)27(23(33)35-17)9-10-28-22(32)18(36-24(28)34)16-12-6-2-4-8-14(12)26-20(16)30/h1-8,31-32H,9-10H2. The van der Waals surface area contributed by atoms with Crippen LogP contribution in [-0.2, 0) is 22.7 Å². The van der Waals surface area contributed by atoms with Crippen LogP contribution in [0.2, 0.25) is 0 Å². The predicted molar refractivity (Wildman–Crippen MR) is 139 cm³/mol. The fraction of sp³-hybridized carbons (Fsp3) is 0.0833. The molecule has 0 unspecified atom stereocenters. The number of thiazole rings is 2. The number of rotatable bonds is 5. The lowest BCUT2D eigenvalue weighted by atomic mass is 10.1. The molecule has 0 saturated heterocycles. The topological polar surface area (TPSA) is 109 Å². The summed E-state index contributed by atoms with van der Waals surface area (Å²) in [5.41, 5.74) is 0.627. The number of aromatic nitrogens is 2. The van der Waals surface area contributed by atoms with Crippen molar-refractivity contribution >= 4 is 70.1 Å². The highest BCUT2D eigenvalue weighted by molar-refractivity contribution is 7.73. The molecule has 2 aromatic heterocycles. The van der Waals surface area contributed by atoms with Gasteiger partial charge in [0.1, 0.15) is 9.75 Å². The summed E-state index contributed by atoms with van der Waals surface area (Å²) in [6, 6.07) is 14.2. The first-order chi connectivity index (χ1) is 17.3. The van der Waals surface area contributed by atoms with Crippen LogP contribution in [0, 0.1) is 7.91 Å². The molecule has 2 N–H and O–H groups in total. The summed E-state index contributed by atoms with van der Waals surface area (Å²) in [7, 11) is 0. The third-order valence-electron chi connectivity index (χ3n) is 5.96. The maximum atomic E-state index is 12.6. The molecule has 8 nitrogen and oxygen atoms in total. The predicted octanol–water partition coefficient (Wildman–Crippen LogP) is 1.70. The number of carbonyl (C=O) groups is 2. The maximum Gasteiger partial charge on any atom is 0.279 e. The Balaban J connectivity index is 1.37. The van der Waals surface area contributed by atoms with Gasteiger partial charge in [0.2, 0.25) is 11.8 Å². The van der Waals surface area contributed by atoms with Gasteiger partial charge in [-0.05, 0) is 36.6 Å². The molecule has 2 amide bonds. The van der Waals surface area contributed by atoms with Crippen molar-refractivity contribution in [2.75, 3.05) is 0 Å². The Labute approximate surface area is 220 Å². The fourth-order valence-electron chi connectivity index (χ4n) is 4.28. The SMILES string of the molecule is O=C1N=c2ccccc2=C1c1sc(=S)n(CCn2c(O)c(C3=c4ccccc4=NC3=O)sc2=S)c1O. The largest absolute Gasteiger partial charge is 0.493 e. The number of benzene rings is 2. The lowest BCUT2D eigenvalue weighted by Crippen LogP contribution is -2.22. The van der Waals surface area contributed by atoms with Gasteiger partial charge in [0.25, 0.3) is 11.8 Å². The molecule has 2 aliphatic rings. The van der Waals surface area contributed by atoms with Gasteiger partial charge in [-0.25, -0.2) is 9.98 Å². The van der Waals surface area contributed by atoms with Crippen molar-refractivity contribution in [1.29, 1.82) is 0 Å². The Bertz CT molecular complexity index is 1870. The van der Waals surface area contributed by atoms with Crippen LogP contribution in [-0.4, -0.2) is 31.2 Å². The van der Waals surface area contributed by atoms with E-state index in [1.165, 1.54) is 9.13 Å². The zero-order chi connectivity index (χ0) is 25.1. The van der Waals surface area contributed by atoms with Crippen LogP contribution < -0.4 is 21.2 Å². The molecule has 0 saturated carbocycles. The zero-order valence-corrected chi connectivity index (χ0v) is 21.4. The van der Waals surface area contributed by atoms with Gasteiger partial charge >= 0.3 is 0 Å². The normalized spacial score (nSPS) is 14.1. The summed E-state index contributed by atoms with van der Waals surface area (Å²) in [4.78, 5) is 34.0. The fourth-order valence-corrected chi connectivity index (χ4v) is 7.06. The molecule has 6 rings (SSSR count). The molecule has 12 heteroatoms. The highest BCUT2D eigenvalue weighted by atomic mass is 32.2. The average molecular weight is 551 g/mol. The van der Waals surface area contributed by atoms with E-state index in [0.717, 1.165) is 22.7 Å². The number of fused-ring (bicyclic) bond motifs is 2. The summed E-state index contributed by atoms with van der Waals surface area (Å²) < 4.78 is 3.71. The molecule has 0 atom stereocenters. The quantitative estimate of drug-likeness (QED) is 0.366. The van der Waals surface area contributed by atoms with Gasteiger partial charge < -0.3 is 10.2 Å². The molecule has 0 bridgehead atoms.